The molecule has 0 aliphatic rings. The molecular weight excluding hydrogens is 386 g/mol. The van der Waals surface area contributed by atoms with Crippen molar-refractivity contribution >= 4 is 23.8 Å². The highest BCUT2D eigenvalue weighted by Crippen LogP contribution is 2.15. The van der Waals surface area contributed by atoms with Crippen molar-refractivity contribution in [2.75, 3.05) is 0 Å². The highest BCUT2D eigenvalue weighted by atomic mass is 16.6. The Hall–Kier alpha value is -4.33. The van der Waals surface area contributed by atoms with Crippen LogP contribution in [0, 0.1) is 17.0 Å². The number of nitro benzene ring substituents is 1. The van der Waals surface area contributed by atoms with Crippen LogP contribution in [0.15, 0.2) is 77.9 Å². The summed E-state index contributed by atoms with van der Waals surface area (Å²) in [5.74, 6) is -0.551. The van der Waals surface area contributed by atoms with Crippen molar-refractivity contribution in [2.45, 2.75) is 6.92 Å². The molecule has 0 aromatic heterocycles. The third kappa shape index (κ3) is 5.14. The number of nitro groups is 1. The molecule has 1 N–H and O–H groups in total. The van der Waals surface area contributed by atoms with Crippen molar-refractivity contribution in [3.05, 3.63) is 105 Å². The van der Waals surface area contributed by atoms with Crippen LogP contribution in [0.1, 0.15) is 31.8 Å². The summed E-state index contributed by atoms with van der Waals surface area (Å²) >= 11 is 0. The lowest BCUT2D eigenvalue weighted by Crippen LogP contribution is -2.17. The number of hydrazone groups is 1. The van der Waals surface area contributed by atoms with Crippen molar-refractivity contribution in [3.8, 4) is 5.75 Å². The molecule has 0 saturated carbocycles. The number of carbonyl (C=O) groups is 2. The SMILES string of the molecule is Cc1ccccc1C(=O)Oc1ccc(/C=N/NC(=O)c2ccc([N+](=O)[O-])cc2)cc1. The molecule has 8 nitrogen and oxygen atoms in total. The van der Waals surface area contributed by atoms with Gasteiger partial charge in [0, 0.05) is 17.7 Å². The van der Waals surface area contributed by atoms with Gasteiger partial charge in [-0.05, 0) is 60.5 Å². The van der Waals surface area contributed by atoms with Gasteiger partial charge in [0.15, 0.2) is 0 Å². The van der Waals surface area contributed by atoms with E-state index in [1.807, 2.05) is 19.1 Å². The summed E-state index contributed by atoms with van der Waals surface area (Å²) in [4.78, 5) is 34.3. The predicted octanol–water partition coefficient (Wildman–Crippen LogP) is 3.89. The topological polar surface area (TPSA) is 111 Å². The fraction of sp³-hybridized carbons (Fsp3) is 0.0455. The number of rotatable bonds is 6. The minimum atomic E-state index is -0.540. The number of hydrogen-bond donors (Lipinski definition) is 1. The van der Waals surface area contributed by atoms with Crippen LogP contribution in [0.5, 0.6) is 5.75 Å². The second-order valence-electron chi connectivity index (χ2n) is 6.28. The Labute approximate surface area is 172 Å². The Morgan fingerprint density at radius 3 is 2.30 bits per heavy atom. The van der Waals surface area contributed by atoms with Gasteiger partial charge in [0.1, 0.15) is 5.75 Å². The zero-order valence-electron chi connectivity index (χ0n) is 15.9. The van der Waals surface area contributed by atoms with Crippen LogP contribution in [0.2, 0.25) is 0 Å². The van der Waals surface area contributed by atoms with Crippen LogP contribution in [-0.4, -0.2) is 23.0 Å². The standard InChI is InChI=1S/C22H17N3O5/c1-15-4-2-3-5-20(15)22(27)30-19-12-6-16(7-13-19)14-23-24-21(26)17-8-10-18(11-9-17)25(28)29/h2-14H,1H3,(H,24,26)/b23-14+. The number of amides is 1. The fourth-order valence-electron chi connectivity index (χ4n) is 2.55. The molecule has 0 aliphatic heterocycles. The second-order valence-corrected chi connectivity index (χ2v) is 6.28. The zero-order valence-corrected chi connectivity index (χ0v) is 15.9. The first kappa shape index (κ1) is 20.4. The number of ether oxygens (including phenoxy) is 1. The van der Waals surface area contributed by atoms with E-state index in [-0.39, 0.29) is 11.3 Å². The van der Waals surface area contributed by atoms with Crippen molar-refractivity contribution in [2.24, 2.45) is 5.10 Å². The minimum Gasteiger partial charge on any atom is -0.423 e. The van der Waals surface area contributed by atoms with E-state index >= 15 is 0 Å². The van der Waals surface area contributed by atoms with Gasteiger partial charge in [0.05, 0.1) is 16.7 Å². The van der Waals surface area contributed by atoms with E-state index in [9.17, 15) is 19.7 Å². The lowest BCUT2D eigenvalue weighted by Gasteiger charge is -2.06. The van der Waals surface area contributed by atoms with Crippen molar-refractivity contribution in [1.29, 1.82) is 0 Å². The molecular formula is C22H17N3O5. The summed E-state index contributed by atoms with van der Waals surface area (Å²) in [6.45, 7) is 1.83. The van der Waals surface area contributed by atoms with Crippen LogP contribution in [-0.2, 0) is 0 Å². The van der Waals surface area contributed by atoms with Gasteiger partial charge in [0.25, 0.3) is 11.6 Å². The number of aryl methyl sites for hydroxylation is 1. The Morgan fingerprint density at radius 1 is 1.00 bits per heavy atom. The maximum atomic E-state index is 12.2. The highest BCUT2D eigenvalue weighted by molar-refractivity contribution is 5.95. The third-order valence-electron chi connectivity index (χ3n) is 4.18. The summed E-state index contributed by atoms with van der Waals surface area (Å²) < 4.78 is 5.36. The molecule has 150 valence electrons. The number of hydrogen-bond acceptors (Lipinski definition) is 6. The lowest BCUT2D eigenvalue weighted by molar-refractivity contribution is -0.384. The minimum absolute atomic E-state index is 0.0988. The lowest BCUT2D eigenvalue weighted by atomic mass is 10.1. The van der Waals surface area contributed by atoms with Crippen LogP contribution < -0.4 is 10.2 Å². The molecule has 0 atom stereocenters. The molecule has 3 aromatic rings. The molecule has 0 heterocycles. The average molecular weight is 403 g/mol. The predicted molar refractivity (Wildman–Crippen MR) is 111 cm³/mol. The van der Waals surface area contributed by atoms with Crippen molar-refractivity contribution in [1.82, 2.24) is 5.43 Å². The van der Waals surface area contributed by atoms with Gasteiger partial charge >= 0.3 is 5.97 Å². The van der Waals surface area contributed by atoms with Crippen LogP contribution in [0.25, 0.3) is 0 Å². The number of carbonyl (C=O) groups excluding carboxylic acids is 2. The normalized spacial score (nSPS) is 10.6. The van der Waals surface area contributed by atoms with Crippen molar-refractivity contribution in [3.63, 3.8) is 0 Å². The van der Waals surface area contributed by atoms with Gasteiger partial charge in [-0.25, -0.2) is 10.2 Å². The maximum Gasteiger partial charge on any atom is 0.343 e. The Kier molecular flexibility index (Phi) is 6.29. The third-order valence-corrected chi connectivity index (χ3v) is 4.18. The molecule has 0 fully saturated rings. The molecule has 8 heteroatoms. The van der Waals surface area contributed by atoms with E-state index in [1.165, 1.54) is 30.5 Å². The first-order chi connectivity index (χ1) is 14.4. The highest BCUT2D eigenvalue weighted by Gasteiger charge is 2.11. The summed E-state index contributed by atoms with van der Waals surface area (Å²) in [5.41, 5.74) is 4.50. The number of esters is 1. The van der Waals surface area contributed by atoms with E-state index < -0.39 is 16.8 Å². The first-order valence-corrected chi connectivity index (χ1v) is 8.90. The molecule has 0 aliphatic carbocycles. The number of nitrogens with one attached hydrogen (secondary N) is 1. The number of non-ortho nitro benzene ring substituents is 1. The van der Waals surface area contributed by atoms with E-state index in [1.54, 1.807) is 36.4 Å². The molecule has 0 bridgehead atoms. The molecule has 1 amide bonds. The number of benzene rings is 3. The monoisotopic (exact) mass is 403 g/mol. The molecule has 0 radical (unpaired) electrons. The van der Waals surface area contributed by atoms with E-state index in [0.29, 0.717) is 16.9 Å². The Morgan fingerprint density at radius 2 is 1.67 bits per heavy atom. The molecule has 3 aromatic carbocycles. The van der Waals surface area contributed by atoms with Gasteiger partial charge in [-0.1, -0.05) is 18.2 Å². The Balaban J connectivity index is 1.56. The van der Waals surface area contributed by atoms with Gasteiger partial charge in [-0.15, -0.1) is 0 Å². The fourth-order valence-corrected chi connectivity index (χ4v) is 2.55. The molecule has 0 unspecified atom stereocenters. The average Bonchev–Trinajstić information content (AvgIpc) is 2.75. The summed E-state index contributed by atoms with van der Waals surface area (Å²) in [6, 6.07) is 18.9. The second kappa shape index (κ2) is 9.24. The zero-order chi connectivity index (χ0) is 21.5. The smallest absolute Gasteiger partial charge is 0.343 e. The molecule has 0 saturated heterocycles. The van der Waals surface area contributed by atoms with Crippen molar-refractivity contribution < 1.29 is 19.2 Å². The van der Waals surface area contributed by atoms with Crippen LogP contribution in [0.3, 0.4) is 0 Å². The maximum absolute atomic E-state index is 12.2. The molecule has 3 rings (SSSR count). The van der Waals surface area contributed by atoms with Gasteiger partial charge in [-0.3, -0.25) is 14.9 Å². The summed E-state index contributed by atoms with van der Waals surface area (Å²) in [5, 5.41) is 14.5. The first-order valence-electron chi connectivity index (χ1n) is 8.90. The van der Waals surface area contributed by atoms with Crippen LogP contribution in [0.4, 0.5) is 5.69 Å². The quantitative estimate of drug-likeness (QED) is 0.221. The summed E-state index contributed by atoms with van der Waals surface area (Å²) in [6.07, 6.45) is 1.43. The van der Waals surface area contributed by atoms with Gasteiger partial charge in [0.2, 0.25) is 0 Å². The van der Waals surface area contributed by atoms with Crippen LogP contribution >= 0.6 is 0 Å². The number of nitrogens with zero attached hydrogens (tertiary/aromatic N) is 2. The van der Waals surface area contributed by atoms with Gasteiger partial charge in [-0.2, -0.15) is 5.10 Å². The Bertz CT molecular complexity index is 1110. The van der Waals surface area contributed by atoms with E-state index in [4.69, 9.17) is 4.74 Å². The largest absolute Gasteiger partial charge is 0.423 e. The molecule has 30 heavy (non-hydrogen) atoms. The van der Waals surface area contributed by atoms with Gasteiger partial charge < -0.3 is 4.74 Å². The van der Waals surface area contributed by atoms with E-state index in [0.717, 1.165) is 5.56 Å². The molecule has 0 spiro atoms. The summed E-state index contributed by atoms with van der Waals surface area (Å²) in [7, 11) is 0. The van der Waals surface area contributed by atoms with E-state index in [2.05, 4.69) is 10.5 Å².